The average Bonchev–Trinajstić information content (AvgIpc) is 3.25. The Morgan fingerprint density at radius 3 is 2.29 bits per heavy atom. The fourth-order valence-corrected chi connectivity index (χ4v) is 3.10. The molecule has 0 radical (unpaired) electrons. The molecule has 5 nitrogen and oxygen atoms in total. The molecule has 1 atom stereocenters. The van der Waals surface area contributed by atoms with E-state index in [4.69, 9.17) is 0 Å². The molecule has 2 N–H and O–H groups in total. The number of aliphatic hydroxyl groups is 1. The van der Waals surface area contributed by atoms with Gasteiger partial charge in [0.15, 0.2) is 0 Å². The molecule has 0 saturated heterocycles. The first-order valence-corrected chi connectivity index (χ1v) is 8.61. The number of rotatable bonds is 7. The highest BCUT2D eigenvalue weighted by molar-refractivity contribution is 7.89. The average molecular weight is 312 g/mol. The van der Waals surface area contributed by atoms with Gasteiger partial charge in [0.05, 0.1) is 4.90 Å². The lowest BCUT2D eigenvalue weighted by Crippen LogP contribution is -2.28. The van der Waals surface area contributed by atoms with Crippen molar-refractivity contribution in [2.75, 3.05) is 27.2 Å². The van der Waals surface area contributed by atoms with Crippen LogP contribution in [0.1, 0.15) is 31.4 Å². The first-order chi connectivity index (χ1) is 9.81. The van der Waals surface area contributed by atoms with Gasteiger partial charge < -0.3 is 10.4 Å². The van der Waals surface area contributed by atoms with Crippen LogP contribution in [0.2, 0.25) is 0 Å². The van der Waals surface area contributed by atoms with E-state index in [0.717, 1.165) is 24.9 Å². The van der Waals surface area contributed by atoms with Gasteiger partial charge in [-0.3, -0.25) is 0 Å². The molecular weight excluding hydrogens is 288 g/mol. The predicted molar refractivity (Wildman–Crippen MR) is 82.5 cm³/mol. The third-order valence-electron chi connectivity index (χ3n) is 4.23. The van der Waals surface area contributed by atoms with Crippen LogP contribution in [0.5, 0.6) is 0 Å². The Morgan fingerprint density at radius 1 is 1.29 bits per heavy atom. The van der Waals surface area contributed by atoms with Gasteiger partial charge in [-0.15, -0.1) is 0 Å². The van der Waals surface area contributed by atoms with Crippen LogP contribution in [0.15, 0.2) is 29.2 Å². The number of aliphatic hydroxyl groups excluding tert-OH is 1. The summed E-state index contributed by atoms with van der Waals surface area (Å²) in [6.45, 7) is 3.07. The van der Waals surface area contributed by atoms with Gasteiger partial charge in [-0.25, -0.2) is 12.7 Å². The van der Waals surface area contributed by atoms with Crippen LogP contribution in [0.25, 0.3) is 0 Å². The second-order valence-electron chi connectivity index (χ2n) is 6.12. The summed E-state index contributed by atoms with van der Waals surface area (Å²) in [7, 11) is -0.319. The van der Waals surface area contributed by atoms with E-state index in [1.54, 1.807) is 12.1 Å². The first kappa shape index (κ1) is 16.4. The smallest absolute Gasteiger partial charge is 0.242 e. The monoisotopic (exact) mass is 312 g/mol. The molecule has 1 aromatic carbocycles. The Hall–Kier alpha value is -0.950. The molecule has 21 heavy (non-hydrogen) atoms. The highest BCUT2D eigenvalue weighted by atomic mass is 32.2. The lowest BCUT2D eigenvalue weighted by molar-refractivity contribution is 0.204. The van der Waals surface area contributed by atoms with Gasteiger partial charge in [0.25, 0.3) is 0 Å². The highest BCUT2D eigenvalue weighted by Gasteiger charge is 2.41. The fourth-order valence-electron chi connectivity index (χ4n) is 2.19. The SMILES string of the molecule is CC(NCC1(CO)CC1)c1ccc(S(=O)(=O)N(C)C)cc1. The maximum atomic E-state index is 12.0. The molecule has 0 aromatic heterocycles. The van der Waals surface area contributed by atoms with Gasteiger partial charge in [-0.2, -0.15) is 0 Å². The normalized spacial score (nSPS) is 18.7. The molecule has 6 heteroatoms. The van der Waals surface area contributed by atoms with Crippen molar-refractivity contribution in [3.8, 4) is 0 Å². The summed E-state index contributed by atoms with van der Waals surface area (Å²) in [5.41, 5.74) is 1.11. The van der Waals surface area contributed by atoms with Crippen LogP contribution in [-0.4, -0.2) is 45.1 Å². The lowest BCUT2D eigenvalue weighted by atomic mass is 10.1. The van der Waals surface area contributed by atoms with Gasteiger partial charge in [0.2, 0.25) is 10.0 Å². The molecule has 0 heterocycles. The molecule has 1 saturated carbocycles. The summed E-state index contributed by atoms with van der Waals surface area (Å²) in [5.74, 6) is 0. The van der Waals surface area contributed by atoms with E-state index >= 15 is 0 Å². The molecule has 2 rings (SSSR count). The predicted octanol–water partition coefficient (Wildman–Crippen LogP) is 1.36. The van der Waals surface area contributed by atoms with Crippen molar-refractivity contribution in [1.29, 1.82) is 0 Å². The van der Waals surface area contributed by atoms with Gasteiger partial charge in [-0.05, 0) is 37.5 Å². The molecule has 1 fully saturated rings. The van der Waals surface area contributed by atoms with E-state index in [1.807, 2.05) is 19.1 Å². The third kappa shape index (κ3) is 3.63. The van der Waals surface area contributed by atoms with Crippen molar-refractivity contribution in [3.63, 3.8) is 0 Å². The van der Waals surface area contributed by atoms with Crippen molar-refractivity contribution in [2.45, 2.75) is 30.7 Å². The molecule has 1 aliphatic carbocycles. The molecule has 1 aromatic rings. The second kappa shape index (κ2) is 6.04. The molecule has 118 valence electrons. The zero-order valence-electron chi connectivity index (χ0n) is 12.8. The van der Waals surface area contributed by atoms with E-state index in [-0.39, 0.29) is 18.1 Å². The van der Waals surface area contributed by atoms with Crippen molar-refractivity contribution in [1.82, 2.24) is 9.62 Å². The summed E-state index contributed by atoms with van der Waals surface area (Å²) < 4.78 is 25.2. The van der Waals surface area contributed by atoms with Crippen LogP contribution in [0.4, 0.5) is 0 Å². The topological polar surface area (TPSA) is 69.6 Å². The minimum Gasteiger partial charge on any atom is -0.396 e. The molecule has 0 amide bonds. The number of nitrogens with zero attached hydrogens (tertiary/aromatic N) is 1. The lowest BCUT2D eigenvalue weighted by Gasteiger charge is -2.19. The number of hydrogen-bond acceptors (Lipinski definition) is 4. The maximum Gasteiger partial charge on any atom is 0.242 e. The van der Waals surface area contributed by atoms with Crippen molar-refractivity contribution in [2.24, 2.45) is 5.41 Å². The highest BCUT2D eigenvalue weighted by Crippen LogP contribution is 2.44. The second-order valence-corrected chi connectivity index (χ2v) is 8.27. The molecular formula is C15H24N2O3S. The van der Waals surface area contributed by atoms with Crippen LogP contribution >= 0.6 is 0 Å². The van der Waals surface area contributed by atoms with Gasteiger partial charge in [0, 0.05) is 38.7 Å². The van der Waals surface area contributed by atoms with Crippen molar-refractivity contribution < 1.29 is 13.5 Å². The Labute approximate surface area is 127 Å². The van der Waals surface area contributed by atoms with Crippen LogP contribution < -0.4 is 5.32 Å². The Bertz CT molecular complexity index is 577. The summed E-state index contributed by atoms with van der Waals surface area (Å²) in [4.78, 5) is 0.303. The van der Waals surface area contributed by atoms with Crippen LogP contribution in [0.3, 0.4) is 0 Å². The molecule has 1 unspecified atom stereocenters. The minimum absolute atomic E-state index is 0.0719. The largest absolute Gasteiger partial charge is 0.396 e. The van der Waals surface area contributed by atoms with Crippen molar-refractivity contribution in [3.05, 3.63) is 29.8 Å². The van der Waals surface area contributed by atoms with Crippen LogP contribution in [-0.2, 0) is 10.0 Å². The molecule has 1 aliphatic rings. The van der Waals surface area contributed by atoms with E-state index in [9.17, 15) is 13.5 Å². The Kier molecular flexibility index (Phi) is 4.72. The zero-order chi connectivity index (χ0) is 15.7. The van der Waals surface area contributed by atoms with Gasteiger partial charge in [-0.1, -0.05) is 12.1 Å². The standard InChI is InChI=1S/C15H24N2O3S/c1-12(16-10-15(11-18)8-9-15)13-4-6-14(7-5-13)21(19,20)17(2)3/h4-7,12,16,18H,8-11H2,1-3H3. The van der Waals surface area contributed by atoms with E-state index in [0.29, 0.717) is 4.90 Å². The fraction of sp³-hybridized carbons (Fsp3) is 0.600. The summed E-state index contributed by atoms with van der Waals surface area (Å²) >= 11 is 0. The number of sulfonamides is 1. The van der Waals surface area contributed by atoms with Crippen LogP contribution in [0, 0.1) is 5.41 Å². The van der Waals surface area contributed by atoms with E-state index in [2.05, 4.69) is 5.32 Å². The van der Waals surface area contributed by atoms with E-state index in [1.165, 1.54) is 18.4 Å². The zero-order valence-corrected chi connectivity index (χ0v) is 13.7. The van der Waals surface area contributed by atoms with E-state index < -0.39 is 10.0 Å². The summed E-state index contributed by atoms with van der Waals surface area (Å²) in [6, 6.07) is 7.09. The Morgan fingerprint density at radius 2 is 1.86 bits per heavy atom. The summed E-state index contributed by atoms with van der Waals surface area (Å²) in [5, 5.41) is 12.7. The number of hydrogen-bond donors (Lipinski definition) is 2. The van der Waals surface area contributed by atoms with Crippen molar-refractivity contribution >= 4 is 10.0 Å². The molecule has 0 spiro atoms. The maximum absolute atomic E-state index is 12.0. The first-order valence-electron chi connectivity index (χ1n) is 7.17. The minimum atomic E-state index is -3.37. The molecule has 0 aliphatic heterocycles. The third-order valence-corrected chi connectivity index (χ3v) is 6.06. The quantitative estimate of drug-likeness (QED) is 0.797. The number of benzene rings is 1. The molecule has 0 bridgehead atoms. The summed E-state index contributed by atoms with van der Waals surface area (Å²) in [6.07, 6.45) is 2.15. The Balaban J connectivity index is 2.01. The van der Waals surface area contributed by atoms with Gasteiger partial charge >= 0.3 is 0 Å². The van der Waals surface area contributed by atoms with Gasteiger partial charge in [0.1, 0.15) is 0 Å². The number of nitrogens with one attached hydrogen (secondary N) is 1.